The van der Waals surface area contributed by atoms with Crippen LogP contribution in [0.1, 0.15) is 11.9 Å². The van der Waals surface area contributed by atoms with Gasteiger partial charge in [0.1, 0.15) is 10.8 Å². The molecule has 4 nitrogen and oxygen atoms in total. The molecule has 2 N–H and O–H groups in total. The molecule has 0 bridgehead atoms. The van der Waals surface area contributed by atoms with Gasteiger partial charge < -0.3 is 10.5 Å². The van der Waals surface area contributed by atoms with Crippen molar-refractivity contribution in [3.05, 3.63) is 23.2 Å². The topological polar surface area (TPSA) is 61.0 Å². The van der Waals surface area contributed by atoms with Crippen LogP contribution in [0, 0.1) is 6.92 Å². The summed E-state index contributed by atoms with van der Waals surface area (Å²) in [6.45, 7) is 4.52. The van der Waals surface area contributed by atoms with Crippen molar-refractivity contribution in [2.24, 2.45) is 0 Å². The molecule has 6 heteroatoms. The summed E-state index contributed by atoms with van der Waals surface area (Å²) in [5.41, 5.74) is 6.52. The van der Waals surface area contributed by atoms with Crippen LogP contribution in [-0.2, 0) is 0 Å². The maximum absolute atomic E-state index is 5.82. The van der Waals surface area contributed by atoms with Crippen LogP contribution in [0.5, 0.6) is 5.75 Å². The quantitative estimate of drug-likeness (QED) is 0.863. The second-order valence-electron chi connectivity index (χ2n) is 3.36. The largest absolute Gasteiger partial charge is 0.494 e. The van der Waals surface area contributed by atoms with E-state index in [1.54, 1.807) is 23.1 Å². The maximum atomic E-state index is 5.82. The first-order valence-electron chi connectivity index (χ1n) is 5.18. The van der Waals surface area contributed by atoms with Crippen LogP contribution < -0.4 is 10.5 Å². The second kappa shape index (κ2) is 5.37. The summed E-state index contributed by atoms with van der Waals surface area (Å²) in [7, 11) is 0. The van der Waals surface area contributed by atoms with E-state index in [9.17, 15) is 0 Å². The minimum atomic E-state index is 0.630. The fraction of sp³-hybridized carbons (Fsp3) is 0.273. The molecule has 0 aliphatic heterocycles. The van der Waals surface area contributed by atoms with Crippen molar-refractivity contribution in [3.8, 4) is 5.75 Å². The number of ether oxygens (including phenoxy) is 1. The molecule has 0 unspecified atom stereocenters. The fourth-order valence-electron chi connectivity index (χ4n) is 1.32. The minimum absolute atomic E-state index is 0.630. The van der Waals surface area contributed by atoms with E-state index < -0.39 is 0 Å². The van der Waals surface area contributed by atoms with Gasteiger partial charge in [-0.25, -0.2) is 0 Å². The van der Waals surface area contributed by atoms with E-state index >= 15 is 0 Å². The Kier molecular flexibility index (Phi) is 3.86. The normalized spacial score (nSPS) is 10.5. The van der Waals surface area contributed by atoms with Crippen molar-refractivity contribution in [2.75, 3.05) is 12.3 Å². The van der Waals surface area contributed by atoms with Crippen LogP contribution in [0.2, 0.25) is 0 Å². The lowest BCUT2D eigenvalue weighted by atomic mass is 10.3. The van der Waals surface area contributed by atoms with Gasteiger partial charge in [-0.2, -0.15) is 0 Å². The molecule has 90 valence electrons. The van der Waals surface area contributed by atoms with E-state index in [1.807, 2.05) is 32.0 Å². The van der Waals surface area contributed by atoms with Gasteiger partial charge in [-0.15, -0.1) is 10.2 Å². The lowest BCUT2D eigenvalue weighted by Gasteiger charge is -2.06. The molecule has 0 atom stereocenters. The molecular weight excluding hydrogens is 254 g/mol. The average molecular weight is 267 g/mol. The molecule has 2 aromatic rings. The SMILES string of the molecule is CCOc1cc(N)cc(Sc2nnc(C)s2)c1. The van der Waals surface area contributed by atoms with Crippen molar-refractivity contribution < 1.29 is 4.74 Å². The zero-order valence-electron chi connectivity index (χ0n) is 9.64. The first-order chi connectivity index (χ1) is 8.17. The zero-order valence-corrected chi connectivity index (χ0v) is 11.3. The lowest BCUT2D eigenvalue weighted by Crippen LogP contribution is -1.93. The molecule has 0 fully saturated rings. The Morgan fingerprint density at radius 3 is 2.82 bits per heavy atom. The van der Waals surface area contributed by atoms with Crippen molar-refractivity contribution in [2.45, 2.75) is 23.1 Å². The number of benzene rings is 1. The van der Waals surface area contributed by atoms with Crippen LogP contribution >= 0.6 is 23.1 Å². The van der Waals surface area contributed by atoms with Crippen LogP contribution in [0.3, 0.4) is 0 Å². The number of anilines is 1. The molecule has 1 heterocycles. The van der Waals surface area contributed by atoms with Gasteiger partial charge in [-0.3, -0.25) is 0 Å². The third-order valence-electron chi connectivity index (χ3n) is 1.93. The minimum Gasteiger partial charge on any atom is -0.494 e. The first kappa shape index (κ1) is 12.2. The van der Waals surface area contributed by atoms with Gasteiger partial charge in [-0.1, -0.05) is 23.1 Å². The molecule has 0 aliphatic carbocycles. The Hall–Kier alpha value is -1.27. The second-order valence-corrected chi connectivity index (χ2v) is 5.86. The summed E-state index contributed by atoms with van der Waals surface area (Å²) in [6, 6.07) is 5.68. The highest BCUT2D eigenvalue weighted by molar-refractivity contribution is 8.01. The van der Waals surface area contributed by atoms with E-state index in [0.717, 1.165) is 20.0 Å². The number of rotatable bonds is 4. The summed E-state index contributed by atoms with van der Waals surface area (Å²) in [6.07, 6.45) is 0. The third kappa shape index (κ3) is 3.34. The number of hydrogen-bond acceptors (Lipinski definition) is 6. The molecular formula is C11H13N3OS2. The highest BCUT2D eigenvalue weighted by Gasteiger charge is 2.06. The molecule has 0 saturated heterocycles. The molecule has 0 radical (unpaired) electrons. The first-order valence-corrected chi connectivity index (χ1v) is 6.82. The molecule has 0 aliphatic rings. The molecule has 0 amide bonds. The van der Waals surface area contributed by atoms with Gasteiger partial charge >= 0.3 is 0 Å². The Morgan fingerprint density at radius 1 is 1.35 bits per heavy atom. The molecule has 2 rings (SSSR count). The van der Waals surface area contributed by atoms with Crippen molar-refractivity contribution in [3.63, 3.8) is 0 Å². The van der Waals surface area contributed by atoms with Crippen molar-refractivity contribution in [1.29, 1.82) is 0 Å². The predicted molar refractivity (Wildman–Crippen MR) is 70.8 cm³/mol. The van der Waals surface area contributed by atoms with Crippen LogP contribution in [-0.4, -0.2) is 16.8 Å². The van der Waals surface area contributed by atoms with Crippen molar-refractivity contribution >= 4 is 28.8 Å². The summed E-state index contributed by atoms with van der Waals surface area (Å²) in [4.78, 5) is 1.02. The summed E-state index contributed by atoms with van der Waals surface area (Å²) >= 11 is 3.11. The Balaban J connectivity index is 2.20. The molecule has 0 saturated carbocycles. The number of nitrogens with zero attached hydrogens (tertiary/aromatic N) is 2. The van der Waals surface area contributed by atoms with E-state index in [0.29, 0.717) is 12.3 Å². The van der Waals surface area contributed by atoms with Gasteiger partial charge in [0.15, 0.2) is 4.34 Å². The van der Waals surface area contributed by atoms with Gasteiger partial charge in [0, 0.05) is 16.6 Å². The van der Waals surface area contributed by atoms with E-state index in [4.69, 9.17) is 10.5 Å². The zero-order chi connectivity index (χ0) is 12.3. The smallest absolute Gasteiger partial charge is 0.179 e. The predicted octanol–water partition coefficient (Wildman–Crippen LogP) is 2.98. The van der Waals surface area contributed by atoms with E-state index in [-0.39, 0.29) is 0 Å². The van der Waals surface area contributed by atoms with Gasteiger partial charge in [0.25, 0.3) is 0 Å². The Labute approximate surface area is 108 Å². The van der Waals surface area contributed by atoms with Crippen LogP contribution in [0.15, 0.2) is 27.4 Å². The standard InChI is InChI=1S/C11H13N3OS2/c1-3-15-9-4-8(12)5-10(6-9)17-11-14-13-7(2)16-11/h4-6H,3,12H2,1-2H3. The Bertz CT molecular complexity index is 513. The van der Waals surface area contributed by atoms with E-state index in [2.05, 4.69) is 10.2 Å². The summed E-state index contributed by atoms with van der Waals surface area (Å²) in [5.74, 6) is 0.788. The number of hydrogen-bond donors (Lipinski definition) is 1. The van der Waals surface area contributed by atoms with Crippen LogP contribution in [0.25, 0.3) is 0 Å². The van der Waals surface area contributed by atoms with Gasteiger partial charge in [-0.05, 0) is 26.0 Å². The van der Waals surface area contributed by atoms with E-state index in [1.165, 1.54) is 0 Å². The maximum Gasteiger partial charge on any atom is 0.179 e. The highest BCUT2D eigenvalue weighted by atomic mass is 32.2. The summed E-state index contributed by atoms with van der Waals surface area (Å²) in [5, 5.41) is 9.01. The van der Waals surface area contributed by atoms with Crippen LogP contribution in [0.4, 0.5) is 5.69 Å². The highest BCUT2D eigenvalue weighted by Crippen LogP contribution is 2.33. The third-order valence-corrected chi connectivity index (χ3v) is 3.79. The molecule has 17 heavy (non-hydrogen) atoms. The lowest BCUT2D eigenvalue weighted by molar-refractivity contribution is 0.339. The number of nitrogen functional groups attached to an aromatic ring is 1. The van der Waals surface area contributed by atoms with Gasteiger partial charge in [0.2, 0.25) is 0 Å². The fourth-order valence-corrected chi connectivity index (χ4v) is 3.21. The summed E-state index contributed by atoms with van der Waals surface area (Å²) < 4.78 is 6.36. The Morgan fingerprint density at radius 2 is 2.18 bits per heavy atom. The average Bonchev–Trinajstić information content (AvgIpc) is 2.63. The number of aryl methyl sites for hydroxylation is 1. The van der Waals surface area contributed by atoms with Gasteiger partial charge in [0.05, 0.1) is 6.61 Å². The number of nitrogens with two attached hydrogens (primary N) is 1. The number of aromatic nitrogens is 2. The molecule has 0 spiro atoms. The monoisotopic (exact) mass is 267 g/mol. The van der Waals surface area contributed by atoms with Crippen molar-refractivity contribution in [1.82, 2.24) is 10.2 Å². The molecule has 1 aromatic carbocycles. The molecule has 1 aromatic heterocycles.